The van der Waals surface area contributed by atoms with Crippen molar-refractivity contribution in [3.05, 3.63) is 34.9 Å². The molecule has 1 atom stereocenters. The lowest BCUT2D eigenvalue weighted by atomic mass is 10.1. The zero-order chi connectivity index (χ0) is 18.9. The lowest BCUT2D eigenvalue weighted by Crippen LogP contribution is -2.53. The number of nitrogens with zero attached hydrogens (tertiary/aromatic N) is 3. The SMILES string of the molecule is CCCN(Cc1ccc(Cl)cc1)C(=O)NCC(CC)N1CCN(C)CC1. The van der Waals surface area contributed by atoms with Gasteiger partial charge in [0.05, 0.1) is 0 Å². The standard InChI is InChI=1S/C20H33ClN4O/c1-4-10-25(16-17-6-8-18(21)9-7-17)20(26)22-15-19(5-2)24-13-11-23(3)12-14-24/h6-9,19H,4-5,10-16H2,1-3H3,(H,22,26). The topological polar surface area (TPSA) is 38.8 Å². The van der Waals surface area contributed by atoms with Gasteiger partial charge in [-0.05, 0) is 37.6 Å². The Morgan fingerprint density at radius 3 is 2.42 bits per heavy atom. The van der Waals surface area contributed by atoms with Gasteiger partial charge in [0.15, 0.2) is 0 Å². The van der Waals surface area contributed by atoms with Gasteiger partial charge in [-0.15, -0.1) is 0 Å². The molecule has 1 aliphatic rings. The molecular weight excluding hydrogens is 348 g/mol. The minimum atomic E-state index is 0.0226. The summed E-state index contributed by atoms with van der Waals surface area (Å²) in [6.07, 6.45) is 1.99. The normalized spacial score (nSPS) is 17.1. The zero-order valence-electron chi connectivity index (χ0n) is 16.4. The van der Waals surface area contributed by atoms with Gasteiger partial charge in [-0.2, -0.15) is 0 Å². The van der Waals surface area contributed by atoms with Crippen molar-refractivity contribution >= 4 is 17.6 Å². The first-order chi connectivity index (χ1) is 12.5. The molecule has 0 radical (unpaired) electrons. The highest BCUT2D eigenvalue weighted by Gasteiger charge is 2.22. The van der Waals surface area contributed by atoms with Gasteiger partial charge >= 0.3 is 6.03 Å². The van der Waals surface area contributed by atoms with Crippen LogP contribution in [0.2, 0.25) is 5.02 Å². The maximum absolute atomic E-state index is 12.7. The first-order valence-electron chi connectivity index (χ1n) is 9.73. The van der Waals surface area contributed by atoms with E-state index < -0.39 is 0 Å². The van der Waals surface area contributed by atoms with Crippen LogP contribution in [0.15, 0.2) is 24.3 Å². The van der Waals surface area contributed by atoms with Crippen molar-refractivity contribution in [1.82, 2.24) is 20.0 Å². The summed E-state index contributed by atoms with van der Waals surface area (Å²) in [7, 11) is 2.17. The molecular formula is C20H33ClN4O. The molecule has 2 rings (SSSR count). The van der Waals surface area contributed by atoms with E-state index in [-0.39, 0.29) is 6.03 Å². The second kappa shape index (κ2) is 10.8. The number of hydrogen-bond acceptors (Lipinski definition) is 3. The van der Waals surface area contributed by atoms with Crippen molar-refractivity contribution in [2.24, 2.45) is 0 Å². The third-order valence-electron chi connectivity index (χ3n) is 5.08. The molecule has 0 saturated carbocycles. The second-order valence-electron chi connectivity index (χ2n) is 7.14. The minimum absolute atomic E-state index is 0.0226. The smallest absolute Gasteiger partial charge is 0.317 e. The molecule has 26 heavy (non-hydrogen) atoms. The number of halogens is 1. The van der Waals surface area contributed by atoms with Gasteiger partial charge in [0.2, 0.25) is 0 Å². The summed E-state index contributed by atoms with van der Waals surface area (Å²) < 4.78 is 0. The number of carbonyl (C=O) groups excluding carboxylic acids is 1. The van der Waals surface area contributed by atoms with E-state index in [1.807, 2.05) is 29.2 Å². The predicted octanol–water partition coefficient (Wildman–Crippen LogP) is 3.29. The van der Waals surface area contributed by atoms with Gasteiger partial charge in [-0.3, -0.25) is 4.90 Å². The lowest BCUT2D eigenvalue weighted by Gasteiger charge is -2.38. The molecule has 5 nitrogen and oxygen atoms in total. The summed E-state index contributed by atoms with van der Waals surface area (Å²) in [6.45, 7) is 10.7. The molecule has 0 aliphatic carbocycles. The number of amides is 2. The number of likely N-dealkylation sites (N-methyl/N-ethyl adjacent to an activating group) is 1. The van der Waals surface area contributed by atoms with Crippen molar-refractivity contribution in [2.75, 3.05) is 46.3 Å². The van der Waals surface area contributed by atoms with E-state index in [0.717, 1.165) is 56.2 Å². The molecule has 146 valence electrons. The first-order valence-corrected chi connectivity index (χ1v) is 10.1. The summed E-state index contributed by atoms with van der Waals surface area (Å²) in [5.41, 5.74) is 1.10. The quantitative estimate of drug-likeness (QED) is 0.752. The maximum atomic E-state index is 12.7. The zero-order valence-corrected chi connectivity index (χ0v) is 17.1. The molecule has 1 aromatic carbocycles. The lowest BCUT2D eigenvalue weighted by molar-refractivity contribution is 0.107. The number of rotatable bonds is 8. The van der Waals surface area contributed by atoms with Crippen LogP contribution in [0.3, 0.4) is 0 Å². The fourth-order valence-corrected chi connectivity index (χ4v) is 3.49. The number of nitrogens with one attached hydrogen (secondary N) is 1. The molecule has 1 heterocycles. The van der Waals surface area contributed by atoms with Crippen molar-refractivity contribution in [2.45, 2.75) is 39.3 Å². The minimum Gasteiger partial charge on any atom is -0.336 e. The Balaban J connectivity index is 1.88. The third kappa shape index (κ3) is 6.45. The van der Waals surface area contributed by atoms with Crippen molar-refractivity contribution in [3.8, 4) is 0 Å². The number of carbonyl (C=O) groups is 1. The number of benzene rings is 1. The average molecular weight is 381 g/mol. The number of urea groups is 1. The molecule has 1 aliphatic heterocycles. The van der Waals surface area contributed by atoms with Crippen molar-refractivity contribution in [1.29, 1.82) is 0 Å². The Morgan fingerprint density at radius 1 is 1.19 bits per heavy atom. The van der Waals surface area contributed by atoms with Crippen LogP contribution in [0.5, 0.6) is 0 Å². The Hall–Kier alpha value is -1.30. The third-order valence-corrected chi connectivity index (χ3v) is 5.33. The van der Waals surface area contributed by atoms with E-state index in [2.05, 4.69) is 36.0 Å². The van der Waals surface area contributed by atoms with Crippen LogP contribution in [-0.2, 0) is 6.54 Å². The van der Waals surface area contributed by atoms with Crippen LogP contribution in [-0.4, -0.2) is 73.1 Å². The summed E-state index contributed by atoms with van der Waals surface area (Å²) in [5, 5.41) is 3.88. The molecule has 1 aromatic rings. The highest BCUT2D eigenvalue weighted by molar-refractivity contribution is 6.30. The Labute approximate surface area is 163 Å². The molecule has 6 heteroatoms. The average Bonchev–Trinajstić information content (AvgIpc) is 2.64. The van der Waals surface area contributed by atoms with Gasteiger partial charge < -0.3 is 15.1 Å². The predicted molar refractivity (Wildman–Crippen MR) is 109 cm³/mol. The highest BCUT2D eigenvalue weighted by atomic mass is 35.5. The molecule has 1 unspecified atom stereocenters. The van der Waals surface area contributed by atoms with Gasteiger partial charge in [0, 0.05) is 56.9 Å². The van der Waals surface area contributed by atoms with Crippen molar-refractivity contribution < 1.29 is 4.79 Å². The molecule has 1 N–H and O–H groups in total. The summed E-state index contributed by atoms with van der Waals surface area (Å²) in [4.78, 5) is 19.5. The van der Waals surface area contributed by atoms with E-state index in [1.54, 1.807) is 0 Å². The van der Waals surface area contributed by atoms with E-state index in [9.17, 15) is 4.79 Å². The van der Waals surface area contributed by atoms with Gasteiger partial charge in [0.1, 0.15) is 0 Å². The molecule has 0 spiro atoms. The van der Waals surface area contributed by atoms with E-state index in [1.165, 1.54) is 0 Å². The number of hydrogen-bond donors (Lipinski definition) is 1. The highest BCUT2D eigenvalue weighted by Crippen LogP contribution is 2.12. The van der Waals surface area contributed by atoms with Gasteiger partial charge in [-0.25, -0.2) is 4.79 Å². The molecule has 0 aromatic heterocycles. The van der Waals surface area contributed by atoms with Gasteiger partial charge in [0.25, 0.3) is 0 Å². The van der Waals surface area contributed by atoms with Crippen LogP contribution in [0.25, 0.3) is 0 Å². The van der Waals surface area contributed by atoms with Crippen LogP contribution in [0.4, 0.5) is 4.79 Å². The fourth-order valence-electron chi connectivity index (χ4n) is 3.37. The van der Waals surface area contributed by atoms with Crippen LogP contribution in [0, 0.1) is 0 Å². The Bertz CT molecular complexity index is 543. The van der Waals surface area contributed by atoms with E-state index in [0.29, 0.717) is 19.1 Å². The van der Waals surface area contributed by atoms with Crippen LogP contribution < -0.4 is 5.32 Å². The van der Waals surface area contributed by atoms with Crippen LogP contribution in [0.1, 0.15) is 32.3 Å². The monoisotopic (exact) mass is 380 g/mol. The molecule has 2 amide bonds. The van der Waals surface area contributed by atoms with E-state index >= 15 is 0 Å². The van der Waals surface area contributed by atoms with E-state index in [4.69, 9.17) is 11.6 Å². The van der Waals surface area contributed by atoms with Crippen molar-refractivity contribution in [3.63, 3.8) is 0 Å². The molecule has 0 bridgehead atoms. The molecule has 1 fully saturated rings. The first kappa shape index (κ1) is 21.0. The maximum Gasteiger partial charge on any atom is 0.317 e. The Morgan fingerprint density at radius 2 is 1.85 bits per heavy atom. The summed E-state index contributed by atoms with van der Waals surface area (Å²) in [5.74, 6) is 0. The second-order valence-corrected chi connectivity index (χ2v) is 7.57. The van der Waals surface area contributed by atoms with Crippen LogP contribution >= 0.6 is 11.6 Å². The summed E-state index contributed by atoms with van der Waals surface area (Å²) >= 11 is 5.95. The summed E-state index contributed by atoms with van der Waals surface area (Å²) in [6, 6.07) is 8.15. The molecule has 1 saturated heterocycles. The Kier molecular flexibility index (Phi) is 8.69. The van der Waals surface area contributed by atoms with Gasteiger partial charge in [-0.1, -0.05) is 37.6 Å². The largest absolute Gasteiger partial charge is 0.336 e. The number of piperazine rings is 1. The fraction of sp³-hybridized carbons (Fsp3) is 0.650.